The van der Waals surface area contributed by atoms with Gasteiger partial charge in [-0.15, -0.1) is 5.10 Å². The molecule has 2 aromatic rings. The minimum Gasteiger partial charge on any atom is -0.339 e. The Bertz CT molecular complexity index is 640. The van der Waals surface area contributed by atoms with Gasteiger partial charge in [0.05, 0.1) is 5.56 Å². The first-order valence-corrected chi connectivity index (χ1v) is 7.04. The Morgan fingerprint density at radius 3 is 3.10 bits per heavy atom. The van der Waals surface area contributed by atoms with Crippen LogP contribution in [0.25, 0.3) is 11.5 Å². The van der Waals surface area contributed by atoms with Crippen LogP contribution in [0.2, 0.25) is 0 Å². The van der Waals surface area contributed by atoms with E-state index in [9.17, 15) is 0 Å². The highest BCUT2D eigenvalue weighted by Crippen LogP contribution is 2.21. The normalized spacial score (nSPS) is 18.5. The van der Waals surface area contributed by atoms with Gasteiger partial charge >= 0.3 is 0 Å². The van der Waals surface area contributed by atoms with Crippen LogP contribution in [-0.4, -0.2) is 39.8 Å². The van der Waals surface area contributed by atoms with Crippen LogP contribution in [0.15, 0.2) is 18.3 Å². The molecular weight excluding hydrogens is 266 g/mol. The van der Waals surface area contributed by atoms with E-state index in [-0.39, 0.29) is 0 Å². The summed E-state index contributed by atoms with van der Waals surface area (Å²) in [4.78, 5) is 10.9. The lowest BCUT2D eigenvalue weighted by Gasteiger charge is -2.31. The third-order valence-corrected chi connectivity index (χ3v) is 3.74. The molecule has 0 saturated carbocycles. The quantitative estimate of drug-likeness (QED) is 0.867. The lowest BCUT2D eigenvalue weighted by Crippen LogP contribution is -2.38. The van der Waals surface area contributed by atoms with Gasteiger partial charge in [-0.25, -0.2) is 0 Å². The lowest BCUT2D eigenvalue weighted by molar-refractivity contribution is 0.420. The summed E-state index contributed by atoms with van der Waals surface area (Å²) in [6, 6.07) is 5.53. The Hall–Kier alpha value is -2.46. The average molecular weight is 283 g/mol. The van der Waals surface area contributed by atoms with Crippen LogP contribution < -0.4 is 10.6 Å². The standard InChI is InChI=1S/C14H17N7/c15-6-10-3-4-12(17-8-10)13-18-14(20-19-13)21-5-1-2-11(7-16)9-21/h3-4,8,11H,1-2,5,7,9,16H2,(H,18,19,20). The number of piperidine rings is 1. The molecule has 0 bridgehead atoms. The lowest BCUT2D eigenvalue weighted by atomic mass is 9.99. The van der Waals surface area contributed by atoms with Gasteiger partial charge in [-0.1, -0.05) is 0 Å². The number of nitriles is 1. The highest BCUT2D eigenvalue weighted by atomic mass is 15.4. The number of nitrogens with zero attached hydrogens (tertiary/aromatic N) is 5. The smallest absolute Gasteiger partial charge is 0.245 e. The summed E-state index contributed by atoms with van der Waals surface area (Å²) in [7, 11) is 0. The predicted octanol–water partition coefficient (Wildman–Crippen LogP) is 0.913. The minimum atomic E-state index is 0.508. The molecule has 0 aromatic carbocycles. The van der Waals surface area contributed by atoms with E-state index in [1.54, 1.807) is 12.1 Å². The van der Waals surface area contributed by atoms with Crippen molar-refractivity contribution in [2.75, 3.05) is 24.5 Å². The average Bonchev–Trinajstić information content (AvgIpc) is 3.05. The largest absolute Gasteiger partial charge is 0.339 e. The Morgan fingerprint density at radius 1 is 1.48 bits per heavy atom. The van der Waals surface area contributed by atoms with E-state index in [1.165, 1.54) is 12.6 Å². The maximum Gasteiger partial charge on any atom is 0.245 e. The Kier molecular flexibility index (Phi) is 3.79. The molecule has 1 saturated heterocycles. The third-order valence-electron chi connectivity index (χ3n) is 3.74. The van der Waals surface area contributed by atoms with Gasteiger partial charge in [-0.05, 0) is 37.4 Å². The zero-order valence-electron chi connectivity index (χ0n) is 11.7. The number of hydrogen-bond acceptors (Lipinski definition) is 6. The van der Waals surface area contributed by atoms with E-state index < -0.39 is 0 Å². The van der Waals surface area contributed by atoms with Crippen LogP contribution in [0.3, 0.4) is 0 Å². The van der Waals surface area contributed by atoms with Crippen molar-refractivity contribution in [2.45, 2.75) is 12.8 Å². The molecule has 0 radical (unpaired) electrons. The van der Waals surface area contributed by atoms with Crippen LogP contribution in [0, 0.1) is 17.2 Å². The molecule has 1 fully saturated rings. The maximum absolute atomic E-state index is 8.78. The summed E-state index contributed by atoms with van der Waals surface area (Å²) in [5.74, 6) is 1.81. The van der Waals surface area contributed by atoms with Gasteiger partial charge in [0.2, 0.25) is 5.95 Å². The molecule has 7 nitrogen and oxygen atoms in total. The molecule has 0 aliphatic carbocycles. The van der Waals surface area contributed by atoms with Crippen molar-refractivity contribution in [3.05, 3.63) is 23.9 Å². The fraction of sp³-hybridized carbons (Fsp3) is 0.429. The Balaban J connectivity index is 1.77. The second-order valence-corrected chi connectivity index (χ2v) is 5.22. The van der Waals surface area contributed by atoms with Gasteiger partial charge in [0, 0.05) is 19.3 Å². The number of aromatic nitrogens is 4. The van der Waals surface area contributed by atoms with E-state index in [4.69, 9.17) is 11.0 Å². The molecule has 0 spiro atoms. The van der Waals surface area contributed by atoms with Crippen LogP contribution in [0.4, 0.5) is 5.95 Å². The monoisotopic (exact) mass is 283 g/mol. The number of nitrogens with one attached hydrogen (secondary N) is 1. The van der Waals surface area contributed by atoms with Crippen LogP contribution >= 0.6 is 0 Å². The Morgan fingerprint density at radius 2 is 2.38 bits per heavy atom. The van der Waals surface area contributed by atoms with Crippen molar-refractivity contribution in [1.29, 1.82) is 5.26 Å². The second-order valence-electron chi connectivity index (χ2n) is 5.22. The van der Waals surface area contributed by atoms with Crippen molar-refractivity contribution in [1.82, 2.24) is 20.2 Å². The van der Waals surface area contributed by atoms with E-state index in [2.05, 4.69) is 25.1 Å². The fourth-order valence-electron chi connectivity index (χ4n) is 2.55. The van der Waals surface area contributed by atoms with E-state index >= 15 is 0 Å². The van der Waals surface area contributed by atoms with Crippen LogP contribution in [0.5, 0.6) is 0 Å². The molecule has 1 aliphatic rings. The molecule has 21 heavy (non-hydrogen) atoms. The van der Waals surface area contributed by atoms with Crippen LogP contribution in [0.1, 0.15) is 18.4 Å². The number of hydrogen-bond donors (Lipinski definition) is 2. The predicted molar refractivity (Wildman–Crippen MR) is 78.3 cm³/mol. The van der Waals surface area contributed by atoms with E-state index in [0.29, 0.717) is 35.5 Å². The zero-order chi connectivity index (χ0) is 14.7. The molecular formula is C14H17N7. The first-order chi connectivity index (χ1) is 10.3. The molecule has 3 heterocycles. The number of nitrogens with two attached hydrogens (primary N) is 1. The summed E-state index contributed by atoms with van der Waals surface area (Å²) >= 11 is 0. The number of anilines is 1. The molecule has 0 amide bonds. The van der Waals surface area contributed by atoms with Gasteiger partial charge in [-0.3, -0.25) is 10.1 Å². The molecule has 1 aliphatic heterocycles. The van der Waals surface area contributed by atoms with Crippen molar-refractivity contribution in [3.8, 4) is 17.6 Å². The van der Waals surface area contributed by atoms with Crippen LogP contribution in [-0.2, 0) is 0 Å². The SMILES string of the molecule is N#Cc1ccc(-c2nc(N3CCCC(CN)C3)n[nH]2)nc1. The van der Waals surface area contributed by atoms with Gasteiger partial charge in [0.1, 0.15) is 11.8 Å². The van der Waals surface area contributed by atoms with Crippen molar-refractivity contribution < 1.29 is 0 Å². The van der Waals surface area contributed by atoms with E-state index in [1.807, 2.05) is 6.07 Å². The number of H-pyrrole nitrogens is 1. The Labute approximate surface area is 122 Å². The highest BCUT2D eigenvalue weighted by Gasteiger charge is 2.22. The first kappa shape index (κ1) is 13.5. The molecule has 7 heteroatoms. The summed E-state index contributed by atoms with van der Waals surface area (Å²) in [5.41, 5.74) is 6.96. The minimum absolute atomic E-state index is 0.508. The van der Waals surface area contributed by atoms with Crippen molar-refractivity contribution in [2.24, 2.45) is 11.7 Å². The fourth-order valence-corrected chi connectivity index (χ4v) is 2.55. The summed E-state index contributed by atoms with van der Waals surface area (Å²) in [6.45, 7) is 2.55. The third kappa shape index (κ3) is 2.85. The van der Waals surface area contributed by atoms with Gasteiger partial charge < -0.3 is 10.6 Å². The molecule has 3 N–H and O–H groups in total. The maximum atomic E-state index is 8.78. The van der Waals surface area contributed by atoms with E-state index in [0.717, 1.165) is 19.5 Å². The van der Waals surface area contributed by atoms with Gasteiger partial charge in [0.15, 0.2) is 5.82 Å². The number of aromatic amines is 1. The van der Waals surface area contributed by atoms with Gasteiger partial charge in [-0.2, -0.15) is 10.2 Å². The van der Waals surface area contributed by atoms with Gasteiger partial charge in [0.25, 0.3) is 0 Å². The molecule has 1 atom stereocenters. The van der Waals surface area contributed by atoms with Crippen molar-refractivity contribution >= 4 is 5.95 Å². The number of pyridine rings is 1. The summed E-state index contributed by atoms with van der Waals surface area (Å²) < 4.78 is 0. The molecule has 1 unspecified atom stereocenters. The number of rotatable bonds is 3. The topological polar surface area (TPSA) is 108 Å². The molecule has 108 valence electrons. The zero-order valence-corrected chi connectivity index (χ0v) is 11.7. The molecule has 3 rings (SSSR count). The first-order valence-electron chi connectivity index (χ1n) is 7.04. The molecule has 2 aromatic heterocycles. The summed E-state index contributed by atoms with van der Waals surface area (Å²) in [5, 5.41) is 16.0. The summed E-state index contributed by atoms with van der Waals surface area (Å²) in [6.07, 6.45) is 3.81. The second kappa shape index (κ2) is 5.89. The highest BCUT2D eigenvalue weighted by molar-refractivity contribution is 5.52. The van der Waals surface area contributed by atoms with Crippen molar-refractivity contribution in [3.63, 3.8) is 0 Å².